The zero-order valence-electron chi connectivity index (χ0n) is 15.4. The van der Waals surface area contributed by atoms with Crippen LogP contribution in [0.4, 0.5) is 0 Å². The van der Waals surface area contributed by atoms with E-state index in [9.17, 15) is 0 Å². The molecule has 0 aromatic carbocycles. The van der Waals surface area contributed by atoms with Gasteiger partial charge in [-0.3, -0.25) is 0 Å². The number of nitrogens with two attached hydrogens (primary N) is 1. The van der Waals surface area contributed by atoms with Gasteiger partial charge in [-0.2, -0.15) is 0 Å². The lowest BCUT2D eigenvalue weighted by atomic mass is 10.3. The van der Waals surface area contributed by atoms with Gasteiger partial charge in [-0.05, 0) is 26.6 Å². The SMILES string of the molecule is COC(O[Si](C)(C)C)=C(C)C(N)([Si](C)(C)C)[Si](C)(C)C. The molecule has 0 aliphatic rings. The van der Waals surface area contributed by atoms with Gasteiger partial charge in [0.25, 0.3) is 5.95 Å². The van der Waals surface area contributed by atoms with Crippen LogP contribution in [0, 0.1) is 0 Å². The highest BCUT2D eigenvalue weighted by molar-refractivity contribution is 6.99. The summed E-state index contributed by atoms with van der Waals surface area (Å²) in [5.41, 5.74) is 8.12. The summed E-state index contributed by atoms with van der Waals surface area (Å²) < 4.78 is 11.7. The first kappa shape index (κ1) is 20.0. The average molecular weight is 334 g/mol. The van der Waals surface area contributed by atoms with E-state index in [0.29, 0.717) is 5.95 Å². The third-order valence-electron chi connectivity index (χ3n) is 3.85. The summed E-state index contributed by atoms with van der Waals surface area (Å²) in [5.74, 6) is 0.663. The van der Waals surface area contributed by atoms with Gasteiger partial charge in [-0.15, -0.1) is 0 Å². The van der Waals surface area contributed by atoms with E-state index in [-0.39, 0.29) is 4.79 Å². The molecular formula is C14H35NO2Si3. The second-order valence-corrected chi connectivity index (χ2v) is 24.1. The predicted molar refractivity (Wildman–Crippen MR) is 97.8 cm³/mol. The Balaban J connectivity index is 6.06. The zero-order valence-corrected chi connectivity index (χ0v) is 18.4. The molecule has 120 valence electrons. The summed E-state index contributed by atoms with van der Waals surface area (Å²) in [6.07, 6.45) is 0. The molecule has 0 unspecified atom stereocenters. The van der Waals surface area contributed by atoms with E-state index in [2.05, 4.69) is 65.8 Å². The summed E-state index contributed by atoms with van der Waals surface area (Å²) in [4.78, 5) is -0.245. The van der Waals surface area contributed by atoms with E-state index >= 15 is 0 Å². The van der Waals surface area contributed by atoms with Crippen LogP contribution in [0.5, 0.6) is 0 Å². The Hall–Kier alpha value is -0.0494. The molecule has 0 amide bonds. The van der Waals surface area contributed by atoms with Gasteiger partial charge in [0.2, 0.25) is 8.32 Å². The Morgan fingerprint density at radius 2 is 1.20 bits per heavy atom. The van der Waals surface area contributed by atoms with Crippen molar-refractivity contribution in [3.05, 3.63) is 11.5 Å². The maximum Gasteiger partial charge on any atom is 0.265 e. The largest absolute Gasteiger partial charge is 0.520 e. The smallest absolute Gasteiger partial charge is 0.265 e. The van der Waals surface area contributed by atoms with E-state index in [4.69, 9.17) is 14.9 Å². The molecule has 0 aliphatic carbocycles. The summed E-state index contributed by atoms with van der Waals surface area (Å²) in [5, 5.41) is 0. The number of methoxy groups -OCH3 is 1. The molecule has 0 fully saturated rings. The van der Waals surface area contributed by atoms with Crippen molar-refractivity contribution in [3.8, 4) is 0 Å². The van der Waals surface area contributed by atoms with Crippen molar-refractivity contribution >= 4 is 24.5 Å². The standard InChI is InChI=1S/C14H35NO2Si3/c1-12(13(16-2)17-20(9,10)11)14(15,18(3,4)5)19(6,7)8/h15H2,1-11H3. The Morgan fingerprint density at radius 3 is 1.40 bits per heavy atom. The van der Waals surface area contributed by atoms with Crippen LogP contribution in [-0.4, -0.2) is 36.4 Å². The van der Waals surface area contributed by atoms with Crippen molar-refractivity contribution in [2.75, 3.05) is 7.11 Å². The number of rotatable bonds is 6. The second-order valence-electron chi connectivity index (χ2n) is 8.64. The minimum absolute atomic E-state index is 0.245. The first-order valence-electron chi connectivity index (χ1n) is 7.31. The van der Waals surface area contributed by atoms with E-state index < -0.39 is 24.5 Å². The van der Waals surface area contributed by atoms with E-state index in [0.717, 1.165) is 5.57 Å². The van der Waals surface area contributed by atoms with Crippen LogP contribution in [0.15, 0.2) is 11.5 Å². The summed E-state index contributed by atoms with van der Waals surface area (Å²) in [7, 11) is -3.27. The first-order chi connectivity index (χ1) is 8.58. The van der Waals surface area contributed by atoms with Gasteiger partial charge >= 0.3 is 0 Å². The molecule has 0 radical (unpaired) electrons. The highest BCUT2D eigenvalue weighted by Crippen LogP contribution is 2.37. The Labute approximate surface area is 129 Å². The maximum atomic E-state index is 7.01. The van der Waals surface area contributed by atoms with Gasteiger partial charge in [-0.25, -0.2) is 0 Å². The zero-order chi connectivity index (χ0) is 16.6. The predicted octanol–water partition coefficient (Wildman–Crippen LogP) is 4.17. The molecule has 0 aliphatic heterocycles. The van der Waals surface area contributed by atoms with Gasteiger partial charge in [0.1, 0.15) is 0 Å². The highest BCUT2D eigenvalue weighted by Gasteiger charge is 2.52. The minimum Gasteiger partial charge on any atom is -0.520 e. The normalized spacial score (nSPS) is 15.8. The maximum absolute atomic E-state index is 7.01. The van der Waals surface area contributed by atoms with Crippen LogP contribution in [0.1, 0.15) is 6.92 Å². The van der Waals surface area contributed by atoms with Crippen molar-refractivity contribution in [3.63, 3.8) is 0 Å². The summed E-state index contributed by atoms with van der Waals surface area (Å²) in [6.45, 7) is 22.7. The molecule has 0 saturated carbocycles. The van der Waals surface area contributed by atoms with Gasteiger partial charge in [-0.1, -0.05) is 39.3 Å². The van der Waals surface area contributed by atoms with Crippen LogP contribution in [0.2, 0.25) is 58.9 Å². The van der Waals surface area contributed by atoms with Gasteiger partial charge in [0.15, 0.2) is 0 Å². The average Bonchev–Trinajstić information content (AvgIpc) is 2.19. The molecule has 0 saturated heterocycles. The second kappa shape index (κ2) is 5.98. The van der Waals surface area contributed by atoms with Crippen molar-refractivity contribution in [2.45, 2.75) is 70.6 Å². The molecule has 0 rings (SSSR count). The van der Waals surface area contributed by atoms with Crippen molar-refractivity contribution in [1.82, 2.24) is 0 Å². The highest BCUT2D eigenvalue weighted by atomic mass is 28.4. The lowest BCUT2D eigenvalue weighted by Gasteiger charge is -2.50. The Bertz CT molecular complexity index is 359. The van der Waals surface area contributed by atoms with Gasteiger partial charge < -0.3 is 14.9 Å². The fourth-order valence-electron chi connectivity index (χ4n) is 2.96. The minimum atomic E-state index is -1.71. The third-order valence-corrected chi connectivity index (χ3v) is 14.6. The van der Waals surface area contributed by atoms with E-state index in [1.54, 1.807) is 7.11 Å². The Kier molecular flexibility index (Phi) is 5.97. The van der Waals surface area contributed by atoms with Crippen LogP contribution in [-0.2, 0) is 9.16 Å². The molecule has 0 heterocycles. The van der Waals surface area contributed by atoms with Crippen LogP contribution >= 0.6 is 0 Å². The first-order valence-corrected chi connectivity index (χ1v) is 17.7. The molecule has 6 heteroatoms. The Morgan fingerprint density at radius 1 is 0.850 bits per heavy atom. The lowest BCUT2D eigenvalue weighted by molar-refractivity contribution is 0.140. The molecule has 0 bridgehead atoms. The summed E-state index contributed by atoms with van der Waals surface area (Å²) >= 11 is 0. The third kappa shape index (κ3) is 4.22. The quantitative estimate of drug-likeness (QED) is 0.586. The van der Waals surface area contributed by atoms with Crippen LogP contribution in [0.25, 0.3) is 0 Å². The molecule has 0 atom stereocenters. The molecule has 0 aromatic rings. The van der Waals surface area contributed by atoms with Crippen LogP contribution < -0.4 is 5.73 Å². The topological polar surface area (TPSA) is 44.5 Å². The molecule has 3 nitrogen and oxygen atoms in total. The van der Waals surface area contributed by atoms with Crippen molar-refractivity contribution in [2.24, 2.45) is 5.73 Å². The van der Waals surface area contributed by atoms with E-state index in [1.807, 2.05) is 0 Å². The molecular weight excluding hydrogens is 298 g/mol. The molecule has 2 N–H and O–H groups in total. The van der Waals surface area contributed by atoms with Gasteiger partial charge in [0, 0.05) is 10.4 Å². The van der Waals surface area contributed by atoms with E-state index in [1.165, 1.54) is 0 Å². The summed E-state index contributed by atoms with van der Waals surface area (Å²) in [6, 6.07) is 0. The van der Waals surface area contributed by atoms with Gasteiger partial charge in [0.05, 0.1) is 23.3 Å². The van der Waals surface area contributed by atoms with Crippen molar-refractivity contribution < 1.29 is 9.16 Å². The fraction of sp³-hybridized carbons (Fsp3) is 0.857. The number of ether oxygens (including phenoxy) is 1. The molecule has 0 aromatic heterocycles. The fourth-order valence-corrected chi connectivity index (χ4v) is 15.2. The molecule has 20 heavy (non-hydrogen) atoms. The monoisotopic (exact) mass is 333 g/mol. The molecule has 0 spiro atoms. The number of hydrogen-bond acceptors (Lipinski definition) is 3. The van der Waals surface area contributed by atoms with Crippen molar-refractivity contribution in [1.29, 1.82) is 0 Å². The lowest BCUT2D eigenvalue weighted by Crippen LogP contribution is -2.73. The van der Waals surface area contributed by atoms with Crippen LogP contribution in [0.3, 0.4) is 0 Å². The number of hydrogen-bond donors (Lipinski definition) is 1.